The average Bonchev–Trinajstić information content (AvgIpc) is 2.91. The number of sulfone groups is 1. The van der Waals surface area contributed by atoms with Gasteiger partial charge in [-0.25, -0.2) is 8.42 Å². The molecule has 0 aliphatic carbocycles. The molecule has 0 unspecified atom stereocenters. The standard InChI is InChI=1S/C19H29N3O3S/c1-20(2)19(23)15-21-12-16-8-9-17(14-21)22(13-16)10-11-26(24,25)18-6-4-3-5-7-18/h3-7,16-17H,8-15H2,1-2H3/t16-,17+/m1/s1. The molecule has 4 rings (SSSR count). The van der Waals surface area contributed by atoms with E-state index in [1.165, 1.54) is 6.42 Å². The molecular formula is C19H29N3O3S. The van der Waals surface area contributed by atoms with E-state index in [1.54, 1.807) is 43.3 Å². The second kappa shape index (κ2) is 8.06. The SMILES string of the molecule is CN(C)C(=O)CN1C[C@H]2CC[C@@H](C1)N(CCS(=O)(=O)c1ccccc1)C2. The van der Waals surface area contributed by atoms with Crippen molar-refractivity contribution in [1.29, 1.82) is 0 Å². The van der Waals surface area contributed by atoms with Crippen LogP contribution < -0.4 is 0 Å². The summed E-state index contributed by atoms with van der Waals surface area (Å²) in [6.45, 7) is 3.73. The quantitative estimate of drug-likeness (QED) is 0.736. The number of benzene rings is 1. The summed E-state index contributed by atoms with van der Waals surface area (Å²) in [5.41, 5.74) is 0. The van der Waals surface area contributed by atoms with Gasteiger partial charge in [0.2, 0.25) is 5.91 Å². The number of hydrogen-bond donors (Lipinski definition) is 0. The topological polar surface area (TPSA) is 60.9 Å². The third-order valence-corrected chi connectivity index (χ3v) is 7.22. The molecule has 2 atom stereocenters. The minimum atomic E-state index is -3.25. The van der Waals surface area contributed by atoms with Crippen LogP contribution in [0.3, 0.4) is 0 Å². The molecule has 6 nitrogen and oxygen atoms in total. The van der Waals surface area contributed by atoms with Gasteiger partial charge in [0, 0.05) is 46.3 Å². The van der Waals surface area contributed by atoms with E-state index in [1.807, 2.05) is 6.07 Å². The highest BCUT2D eigenvalue weighted by Gasteiger charge is 2.35. The molecule has 3 aliphatic heterocycles. The number of carbonyl (C=O) groups is 1. The maximum atomic E-state index is 12.6. The summed E-state index contributed by atoms with van der Waals surface area (Å²) in [5.74, 6) is 0.796. The van der Waals surface area contributed by atoms with Gasteiger partial charge in [0.25, 0.3) is 0 Å². The molecule has 3 aliphatic rings. The zero-order chi connectivity index (χ0) is 18.7. The molecule has 3 fully saturated rings. The second-order valence-corrected chi connectivity index (χ2v) is 9.82. The first-order valence-electron chi connectivity index (χ1n) is 9.29. The van der Waals surface area contributed by atoms with Crippen LogP contribution in [0.25, 0.3) is 0 Å². The Labute approximate surface area is 156 Å². The lowest BCUT2D eigenvalue weighted by atomic mass is 9.95. The lowest BCUT2D eigenvalue weighted by molar-refractivity contribution is -0.130. The highest BCUT2D eigenvalue weighted by Crippen LogP contribution is 2.28. The van der Waals surface area contributed by atoms with E-state index in [0.717, 1.165) is 26.1 Å². The normalized spacial score (nSPS) is 24.4. The van der Waals surface area contributed by atoms with E-state index in [2.05, 4.69) is 9.80 Å². The Balaban J connectivity index is 1.61. The summed E-state index contributed by atoms with van der Waals surface area (Å²) in [7, 11) is 0.326. The first-order chi connectivity index (χ1) is 12.3. The largest absolute Gasteiger partial charge is 0.348 e. The van der Waals surface area contributed by atoms with Crippen molar-refractivity contribution >= 4 is 15.7 Å². The van der Waals surface area contributed by atoms with Crippen LogP contribution in [0.4, 0.5) is 0 Å². The van der Waals surface area contributed by atoms with Gasteiger partial charge >= 0.3 is 0 Å². The molecule has 1 aromatic carbocycles. The van der Waals surface area contributed by atoms with Crippen molar-refractivity contribution in [2.75, 3.05) is 52.6 Å². The monoisotopic (exact) mass is 379 g/mol. The van der Waals surface area contributed by atoms with E-state index >= 15 is 0 Å². The second-order valence-electron chi connectivity index (χ2n) is 7.71. The van der Waals surface area contributed by atoms with Crippen molar-refractivity contribution in [2.24, 2.45) is 5.92 Å². The molecule has 144 valence electrons. The Hall–Kier alpha value is -1.44. The van der Waals surface area contributed by atoms with Crippen molar-refractivity contribution in [2.45, 2.75) is 23.8 Å². The number of carbonyl (C=O) groups excluding carboxylic acids is 1. The first kappa shape index (κ1) is 19.3. The van der Waals surface area contributed by atoms with Gasteiger partial charge < -0.3 is 4.90 Å². The minimum Gasteiger partial charge on any atom is -0.348 e. The zero-order valence-electron chi connectivity index (χ0n) is 15.7. The van der Waals surface area contributed by atoms with Gasteiger partial charge in [-0.1, -0.05) is 18.2 Å². The molecule has 1 amide bonds. The summed E-state index contributed by atoms with van der Waals surface area (Å²) in [6, 6.07) is 9.03. The van der Waals surface area contributed by atoms with Crippen molar-refractivity contribution in [3.63, 3.8) is 0 Å². The smallest absolute Gasteiger partial charge is 0.236 e. The number of piperidine rings is 1. The molecule has 0 saturated carbocycles. The highest BCUT2D eigenvalue weighted by atomic mass is 32.2. The molecule has 0 aromatic heterocycles. The van der Waals surface area contributed by atoms with Gasteiger partial charge in [0.1, 0.15) is 0 Å². The lowest BCUT2D eigenvalue weighted by Gasteiger charge is -2.36. The van der Waals surface area contributed by atoms with E-state index in [4.69, 9.17) is 0 Å². The number of amides is 1. The number of rotatable bonds is 6. The molecule has 0 N–H and O–H groups in total. The highest BCUT2D eigenvalue weighted by molar-refractivity contribution is 7.91. The van der Waals surface area contributed by atoms with E-state index in [-0.39, 0.29) is 11.7 Å². The van der Waals surface area contributed by atoms with Gasteiger partial charge in [0.15, 0.2) is 9.84 Å². The van der Waals surface area contributed by atoms with Gasteiger partial charge in [-0.05, 0) is 30.9 Å². The van der Waals surface area contributed by atoms with Crippen molar-refractivity contribution < 1.29 is 13.2 Å². The van der Waals surface area contributed by atoms with Gasteiger partial charge in [-0.3, -0.25) is 14.6 Å². The molecule has 0 radical (unpaired) electrons. The summed E-state index contributed by atoms with van der Waals surface area (Å²) >= 11 is 0. The summed E-state index contributed by atoms with van der Waals surface area (Å²) in [4.78, 5) is 18.7. The molecule has 3 saturated heterocycles. The van der Waals surface area contributed by atoms with E-state index < -0.39 is 9.84 Å². The first-order valence-corrected chi connectivity index (χ1v) is 10.9. The number of hydrogen-bond acceptors (Lipinski definition) is 5. The predicted molar refractivity (Wildman–Crippen MR) is 102 cm³/mol. The van der Waals surface area contributed by atoms with Crippen LogP contribution in [-0.4, -0.2) is 87.6 Å². The summed E-state index contributed by atoms with van der Waals surface area (Å²) in [6.07, 6.45) is 2.25. The summed E-state index contributed by atoms with van der Waals surface area (Å²) < 4.78 is 25.1. The van der Waals surface area contributed by atoms with Crippen LogP contribution in [0.2, 0.25) is 0 Å². The van der Waals surface area contributed by atoms with E-state index in [9.17, 15) is 13.2 Å². The number of fused-ring (bicyclic) bond motifs is 4. The predicted octanol–water partition coefficient (Wildman–Crippen LogP) is 0.945. The lowest BCUT2D eigenvalue weighted by Crippen LogP contribution is -2.46. The number of likely N-dealkylation sites (N-methyl/N-ethyl adjacent to an activating group) is 1. The van der Waals surface area contributed by atoms with Crippen molar-refractivity contribution in [3.8, 4) is 0 Å². The van der Waals surface area contributed by atoms with Gasteiger partial charge in [-0.15, -0.1) is 0 Å². The summed E-state index contributed by atoms with van der Waals surface area (Å²) in [5, 5.41) is 0. The Morgan fingerprint density at radius 1 is 1.12 bits per heavy atom. The Morgan fingerprint density at radius 2 is 1.85 bits per heavy atom. The third-order valence-electron chi connectivity index (χ3n) is 5.51. The molecule has 7 heteroatoms. The van der Waals surface area contributed by atoms with Gasteiger partial charge in [0.05, 0.1) is 17.2 Å². The number of nitrogens with zero attached hydrogens (tertiary/aromatic N) is 3. The molecule has 3 heterocycles. The third kappa shape index (κ3) is 4.64. The molecule has 26 heavy (non-hydrogen) atoms. The minimum absolute atomic E-state index is 0.129. The van der Waals surface area contributed by atoms with Crippen LogP contribution in [0.1, 0.15) is 12.8 Å². The zero-order valence-corrected chi connectivity index (χ0v) is 16.5. The Bertz CT molecular complexity index is 721. The van der Waals surface area contributed by atoms with Gasteiger partial charge in [-0.2, -0.15) is 0 Å². The molecule has 1 aromatic rings. The maximum absolute atomic E-state index is 12.6. The molecule has 2 bridgehead atoms. The Kier molecular flexibility index (Phi) is 5.99. The fourth-order valence-electron chi connectivity index (χ4n) is 3.99. The van der Waals surface area contributed by atoms with Crippen molar-refractivity contribution in [3.05, 3.63) is 30.3 Å². The maximum Gasteiger partial charge on any atom is 0.236 e. The van der Waals surface area contributed by atoms with Crippen molar-refractivity contribution in [1.82, 2.24) is 14.7 Å². The average molecular weight is 380 g/mol. The van der Waals surface area contributed by atoms with Crippen LogP contribution >= 0.6 is 0 Å². The molecular weight excluding hydrogens is 350 g/mol. The van der Waals surface area contributed by atoms with Crippen LogP contribution in [0.5, 0.6) is 0 Å². The van der Waals surface area contributed by atoms with E-state index in [0.29, 0.717) is 29.9 Å². The Morgan fingerprint density at radius 3 is 2.54 bits per heavy atom. The fraction of sp³-hybridized carbons (Fsp3) is 0.632. The fourth-order valence-corrected chi connectivity index (χ4v) is 5.28. The molecule has 0 spiro atoms. The van der Waals surface area contributed by atoms with Crippen LogP contribution in [0, 0.1) is 5.92 Å². The van der Waals surface area contributed by atoms with Crippen LogP contribution in [0.15, 0.2) is 35.2 Å². The van der Waals surface area contributed by atoms with Crippen LogP contribution in [-0.2, 0) is 14.6 Å².